The number of aliphatic hydroxyl groups excluding tert-OH is 1. The smallest absolute Gasteiger partial charge is 0.219 e. The third-order valence-electron chi connectivity index (χ3n) is 5.47. The fraction of sp³-hybridized carbons (Fsp3) is 0.435. The van der Waals surface area contributed by atoms with E-state index in [2.05, 4.69) is 31.2 Å². The van der Waals surface area contributed by atoms with E-state index in [-0.39, 0.29) is 18.6 Å². The Morgan fingerprint density at radius 2 is 1.75 bits per heavy atom. The first-order valence-corrected chi connectivity index (χ1v) is 10.0. The lowest BCUT2D eigenvalue weighted by molar-refractivity contribution is -0.907. The second kappa shape index (κ2) is 9.82. The van der Waals surface area contributed by atoms with Crippen LogP contribution in [0, 0.1) is 6.92 Å². The molecule has 0 aliphatic carbocycles. The van der Waals surface area contributed by atoms with E-state index in [9.17, 15) is 9.90 Å². The Morgan fingerprint density at radius 3 is 2.39 bits per heavy atom. The number of nitrogens with zero attached hydrogens (tertiary/aromatic N) is 1. The van der Waals surface area contributed by atoms with Crippen LogP contribution in [0.4, 0.5) is 0 Å². The Labute approximate surface area is 167 Å². The van der Waals surface area contributed by atoms with Gasteiger partial charge in [-0.3, -0.25) is 4.79 Å². The Kier molecular flexibility index (Phi) is 7.20. The van der Waals surface area contributed by atoms with Crippen molar-refractivity contribution < 1.29 is 19.5 Å². The molecule has 150 valence electrons. The second-order valence-electron chi connectivity index (χ2n) is 7.59. The zero-order valence-electron chi connectivity index (χ0n) is 16.8. The van der Waals surface area contributed by atoms with Gasteiger partial charge in [-0.15, -0.1) is 0 Å². The van der Waals surface area contributed by atoms with Crippen molar-refractivity contribution >= 4 is 5.91 Å². The molecule has 0 unspecified atom stereocenters. The number of aliphatic hydroxyl groups is 1. The molecule has 0 saturated carbocycles. The van der Waals surface area contributed by atoms with Crippen LogP contribution in [-0.2, 0) is 9.53 Å². The highest BCUT2D eigenvalue weighted by atomic mass is 16.5. The Balaban J connectivity index is 1.59. The maximum Gasteiger partial charge on any atom is 0.219 e. The van der Waals surface area contributed by atoms with Gasteiger partial charge in [0.25, 0.3) is 0 Å². The summed E-state index contributed by atoms with van der Waals surface area (Å²) >= 11 is 0. The molecule has 28 heavy (non-hydrogen) atoms. The molecule has 0 radical (unpaired) electrons. The molecule has 1 heterocycles. The predicted octanol–water partition coefficient (Wildman–Crippen LogP) is 1.21. The van der Waals surface area contributed by atoms with E-state index in [0.29, 0.717) is 6.54 Å². The van der Waals surface area contributed by atoms with Crippen molar-refractivity contribution in [1.29, 1.82) is 0 Å². The van der Waals surface area contributed by atoms with Gasteiger partial charge in [-0.05, 0) is 23.6 Å². The number of amides is 1. The number of aryl methyl sites for hydroxylation is 1. The van der Waals surface area contributed by atoms with E-state index in [0.717, 1.165) is 37.3 Å². The normalized spacial score (nSPS) is 17.3. The summed E-state index contributed by atoms with van der Waals surface area (Å²) in [5.74, 6) is 0.131. The molecule has 0 spiro atoms. The minimum Gasteiger partial charge on any atom is -0.385 e. The molecule has 1 amide bonds. The van der Waals surface area contributed by atoms with Crippen LogP contribution < -0.4 is 4.90 Å². The van der Waals surface area contributed by atoms with Crippen molar-refractivity contribution in [2.45, 2.75) is 26.1 Å². The van der Waals surface area contributed by atoms with Gasteiger partial charge >= 0.3 is 0 Å². The van der Waals surface area contributed by atoms with E-state index in [1.165, 1.54) is 10.5 Å². The highest BCUT2D eigenvalue weighted by Crippen LogP contribution is 2.28. The van der Waals surface area contributed by atoms with Gasteiger partial charge in [-0.2, -0.15) is 0 Å². The van der Waals surface area contributed by atoms with Crippen LogP contribution in [-0.4, -0.2) is 61.3 Å². The molecule has 2 N–H and O–H groups in total. The summed E-state index contributed by atoms with van der Waals surface area (Å²) in [6.07, 6.45) is -0.726. The third-order valence-corrected chi connectivity index (χ3v) is 5.47. The van der Waals surface area contributed by atoms with Gasteiger partial charge in [0.05, 0.1) is 32.8 Å². The summed E-state index contributed by atoms with van der Waals surface area (Å²) in [4.78, 5) is 14.6. The Hall–Kier alpha value is -2.21. The summed E-state index contributed by atoms with van der Waals surface area (Å²) < 4.78 is 6.23. The summed E-state index contributed by atoms with van der Waals surface area (Å²) in [5, 5.41) is 10.6. The maximum atomic E-state index is 11.4. The number of carbonyl (C=O) groups is 1. The standard InChI is InChI=1S/C23H30N2O3/c1-18-8-6-7-11-22(18)23(20-9-4-3-5-10-20)28-17-21(27)16-24-12-14-25(15-13-24)19(2)26/h3-11,21,23,27H,12-17H2,1-2H3/p+1/t21-,23+/m0/s1. The predicted molar refractivity (Wildman–Crippen MR) is 109 cm³/mol. The van der Waals surface area contributed by atoms with Gasteiger partial charge in [0, 0.05) is 6.92 Å². The minimum atomic E-state index is -0.533. The Bertz CT molecular complexity index is 757. The molecule has 2 aromatic carbocycles. The Morgan fingerprint density at radius 1 is 1.11 bits per heavy atom. The fourth-order valence-corrected chi connectivity index (χ4v) is 3.82. The van der Waals surface area contributed by atoms with Crippen LogP contribution in [0.15, 0.2) is 54.6 Å². The van der Waals surface area contributed by atoms with Crippen molar-refractivity contribution in [2.75, 3.05) is 39.3 Å². The van der Waals surface area contributed by atoms with Crippen molar-refractivity contribution in [2.24, 2.45) is 0 Å². The van der Waals surface area contributed by atoms with E-state index in [4.69, 9.17) is 4.74 Å². The molecule has 1 aliphatic rings. The average molecular weight is 384 g/mol. The molecule has 1 saturated heterocycles. The van der Waals surface area contributed by atoms with Crippen LogP contribution in [0.3, 0.4) is 0 Å². The summed E-state index contributed by atoms with van der Waals surface area (Å²) in [6.45, 7) is 7.89. The first-order valence-electron chi connectivity index (χ1n) is 10.0. The van der Waals surface area contributed by atoms with Crippen LogP contribution in [0.1, 0.15) is 29.7 Å². The van der Waals surface area contributed by atoms with Crippen LogP contribution in [0.25, 0.3) is 0 Å². The summed E-state index contributed by atoms with van der Waals surface area (Å²) in [7, 11) is 0. The molecule has 2 atom stereocenters. The number of nitrogens with one attached hydrogen (secondary N) is 1. The summed E-state index contributed by atoms with van der Waals surface area (Å²) in [5.41, 5.74) is 3.39. The highest BCUT2D eigenvalue weighted by molar-refractivity contribution is 5.73. The quantitative estimate of drug-likeness (QED) is 0.756. The van der Waals surface area contributed by atoms with Crippen LogP contribution >= 0.6 is 0 Å². The van der Waals surface area contributed by atoms with E-state index in [1.54, 1.807) is 6.92 Å². The molecule has 1 fully saturated rings. The number of hydrogen-bond acceptors (Lipinski definition) is 3. The first kappa shape index (κ1) is 20.5. The summed E-state index contributed by atoms with van der Waals surface area (Å²) in [6, 6.07) is 18.4. The van der Waals surface area contributed by atoms with Gasteiger partial charge in [0.2, 0.25) is 5.91 Å². The number of benzene rings is 2. The van der Waals surface area contributed by atoms with Crippen molar-refractivity contribution in [3.8, 4) is 0 Å². The van der Waals surface area contributed by atoms with Crippen molar-refractivity contribution in [3.63, 3.8) is 0 Å². The highest BCUT2D eigenvalue weighted by Gasteiger charge is 2.25. The van der Waals surface area contributed by atoms with Crippen molar-refractivity contribution in [3.05, 3.63) is 71.3 Å². The molecule has 0 bridgehead atoms. The number of rotatable bonds is 7. The van der Waals surface area contributed by atoms with Gasteiger partial charge in [-0.25, -0.2) is 0 Å². The van der Waals surface area contributed by atoms with Gasteiger partial charge < -0.3 is 19.6 Å². The number of carbonyl (C=O) groups excluding carboxylic acids is 1. The molecule has 5 heteroatoms. The lowest BCUT2D eigenvalue weighted by atomic mass is 9.97. The molecule has 5 nitrogen and oxygen atoms in total. The number of hydrogen-bond donors (Lipinski definition) is 2. The van der Waals surface area contributed by atoms with Gasteiger partial charge in [-0.1, -0.05) is 54.6 Å². The van der Waals surface area contributed by atoms with Crippen molar-refractivity contribution in [1.82, 2.24) is 4.90 Å². The first-order chi connectivity index (χ1) is 13.5. The topological polar surface area (TPSA) is 54.2 Å². The number of piperazine rings is 1. The van der Waals surface area contributed by atoms with Gasteiger partial charge in [0.15, 0.2) is 0 Å². The molecular formula is C23H31N2O3+. The molecular weight excluding hydrogens is 352 g/mol. The molecule has 2 aromatic rings. The van der Waals surface area contributed by atoms with E-state index in [1.807, 2.05) is 35.2 Å². The number of ether oxygens (including phenoxy) is 1. The van der Waals surface area contributed by atoms with E-state index >= 15 is 0 Å². The zero-order valence-corrected chi connectivity index (χ0v) is 16.8. The third kappa shape index (κ3) is 5.41. The zero-order chi connectivity index (χ0) is 19.9. The lowest BCUT2D eigenvalue weighted by Gasteiger charge is -2.32. The lowest BCUT2D eigenvalue weighted by Crippen LogP contribution is -3.15. The SMILES string of the molecule is CC(=O)N1CC[NH+](C[C@H](O)CO[C@H](c2ccccc2)c2ccccc2C)CC1. The van der Waals surface area contributed by atoms with Crippen LogP contribution in [0.2, 0.25) is 0 Å². The molecule has 3 rings (SSSR count). The minimum absolute atomic E-state index is 0.131. The second-order valence-corrected chi connectivity index (χ2v) is 7.59. The monoisotopic (exact) mass is 383 g/mol. The fourth-order valence-electron chi connectivity index (χ4n) is 3.82. The van der Waals surface area contributed by atoms with Gasteiger partial charge in [0.1, 0.15) is 18.8 Å². The van der Waals surface area contributed by atoms with E-state index < -0.39 is 6.10 Å². The average Bonchev–Trinajstić information content (AvgIpc) is 2.70. The van der Waals surface area contributed by atoms with Crippen LogP contribution in [0.5, 0.6) is 0 Å². The maximum absolute atomic E-state index is 11.4. The molecule has 0 aromatic heterocycles. The number of quaternary nitrogens is 1. The largest absolute Gasteiger partial charge is 0.385 e. The molecule has 1 aliphatic heterocycles.